The largest absolute Gasteiger partial charge is 0.460 e. The van der Waals surface area contributed by atoms with Crippen LogP contribution in [0.3, 0.4) is 0 Å². The normalized spacial score (nSPS) is 8.67. The second-order valence-corrected chi connectivity index (χ2v) is 2.17. The second-order valence-electron chi connectivity index (χ2n) is 2.17. The predicted octanol–water partition coefficient (Wildman–Crippen LogP) is 0.755. The molecule has 0 rings (SSSR count). The van der Waals surface area contributed by atoms with Gasteiger partial charge in [-0.15, -0.1) is 6.42 Å². The van der Waals surface area contributed by atoms with E-state index in [-0.39, 0.29) is 13.2 Å². The highest BCUT2D eigenvalue weighted by atomic mass is 16.6. The number of carbonyl (C=O) groups excluding carboxylic acids is 1. The third-order valence-electron chi connectivity index (χ3n) is 0.995. The quantitative estimate of drug-likeness (QED) is 0.263. The van der Waals surface area contributed by atoms with Crippen LogP contribution in [-0.2, 0) is 14.3 Å². The van der Waals surface area contributed by atoms with Crippen molar-refractivity contribution < 1.29 is 14.3 Å². The summed E-state index contributed by atoms with van der Waals surface area (Å²) >= 11 is 0. The molecule has 0 aromatic carbocycles. The van der Waals surface area contributed by atoms with Crippen LogP contribution in [-0.4, -0.2) is 25.8 Å². The minimum Gasteiger partial charge on any atom is -0.460 e. The third-order valence-corrected chi connectivity index (χ3v) is 0.995. The van der Waals surface area contributed by atoms with Gasteiger partial charge in [0, 0.05) is 5.57 Å². The molecule has 0 heterocycles. The zero-order valence-corrected chi connectivity index (χ0v) is 7.13. The molecule has 0 aliphatic rings. The molecule has 0 atom stereocenters. The predicted molar refractivity (Wildman–Crippen MR) is 45.4 cm³/mol. The highest BCUT2D eigenvalue weighted by molar-refractivity contribution is 5.86. The average Bonchev–Trinajstić information content (AvgIpc) is 2.03. The molecule has 3 nitrogen and oxygen atoms in total. The number of rotatable bonds is 5. The maximum atomic E-state index is 10.8. The van der Waals surface area contributed by atoms with E-state index < -0.39 is 5.97 Å². The first-order valence-electron chi connectivity index (χ1n) is 3.52. The van der Waals surface area contributed by atoms with Crippen molar-refractivity contribution in [1.82, 2.24) is 0 Å². The molecule has 0 radical (unpaired) electrons. The van der Waals surface area contributed by atoms with E-state index in [1.165, 1.54) is 0 Å². The maximum Gasteiger partial charge on any atom is 0.333 e. The number of hydrogen-bond acceptors (Lipinski definition) is 3. The number of carbonyl (C=O) groups is 1. The highest BCUT2D eigenvalue weighted by Crippen LogP contribution is 1.91. The first kappa shape index (κ1) is 10.7. The van der Waals surface area contributed by atoms with Crippen LogP contribution in [0.1, 0.15) is 6.92 Å². The number of ether oxygens (including phenoxy) is 2. The molecule has 0 aliphatic carbocycles. The van der Waals surface area contributed by atoms with Gasteiger partial charge in [0.2, 0.25) is 0 Å². The number of hydrogen-bond donors (Lipinski definition) is 0. The molecule has 0 amide bonds. The summed E-state index contributed by atoms with van der Waals surface area (Å²) in [5, 5.41) is 0. The third kappa shape index (κ3) is 5.51. The molecule has 0 spiro atoms. The van der Waals surface area contributed by atoms with Crippen LogP contribution in [0.4, 0.5) is 0 Å². The summed E-state index contributed by atoms with van der Waals surface area (Å²) in [5.74, 6) is 1.89. The summed E-state index contributed by atoms with van der Waals surface area (Å²) < 4.78 is 9.59. The van der Waals surface area contributed by atoms with E-state index in [1.807, 2.05) is 0 Å². The van der Waals surface area contributed by atoms with E-state index in [0.717, 1.165) is 0 Å². The monoisotopic (exact) mass is 168 g/mol. The Balaban J connectivity index is 3.27. The Morgan fingerprint density at radius 2 is 2.25 bits per heavy atom. The van der Waals surface area contributed by atoms with E-state index in [9.17, 15) is 4.79 Å². The summed E-state index contributed by atoms with van der Waals surface area (Å²) in [4.78, 5) is 10.8. The fraction of sp³-hybridized carbons (Fsp3) is 0.444. The smallest absolute Gasteiger partial charge is 0.333 e. The lowest BCUT2D eigenvalue weighted by Gasteiger charge is -2.02. The summed E-state index contributed by atoms with van der Waals surface area (Å²) in [6, 6.07) is 0. The van der Waals surface area contributed by atoms with E-state index >= 15 is 0 Å². The van der Waals surface area contributed by atoms with Crippen LogP contribution in [0.5, 0.6) is 0 Å². The molecule has 3 heteroatoms. The van der Waals surface area contributed by atoms with Crippen molar-refractivity contribution >= 4 is 5.97 Å². The Hall–Kier alpha value is -1.27. The van der Waals surface area contributed by atoms with Crippen LogP contribution in [0.2, 0.25) is 0 Å². The van der Waals surface area contributed by atoms with E-state index in [0.29, 0.717) is 12.2 Å². The van der Waals surface area contributed by atoms with Crippen molar-refractivity contribution in [2.24, 2.45) is 0 Å². The summed E-state index contributed by atoms with van der Waals surface area (Å²) in [7, 11) is 0. The minimum absolute atomic E-state index is 0.216. The molecule has 0 saturated carbocycles. The van der Waals surface area contributed by atoms with Crippen LogP contribution in [0.15, 0.2) is 12.2 Å². The molecule has 0 aromatic heterocycles. The highest BCUT2D eigenvalue weighted by Gasteiger charge is 2.00. The summed E-state index contributed by atoms with van der Waals surface area (Å²) in [5.41, 5.74) is 0.381. The summed E-state index contributed by atoms with van der Waals surface area (Å²) in [6.45, 7) is 5.79. The SMILES string of the molecule is C#CCOCCOC(=O)C(=C)C. The van der Waals surface area contributed by atoms with E-state index in [1.54, 1.807) is 6.92 Å². The molecule has 66 valence electrons. The lowest BCUT2D eigenvalue weighted by atomic mass is 10.4. The lowest BCUT2D eigenvalue weighted by molar-refractivity contribution is -0.140. The van der Waals surface area contributed by atoms with Gasteiger partial charge in [-0.1, -0.05) is 12.5 Å². The molecule has 12 heavy (non-hydrogen) atoms. The van der Waals surface area contributed by atoms with Crippen molar-refractivity contribution in [2.45, 2.75) is 6.92 Å². The molecule has 0 aromatic rings. The van der Waals surface area contributed by atoms with Gasteiger partial charge in [0.05, 0.1) is 6.61 Å². The first-order chi connectivity index (χ1) is 5.68. The van der Waals surface area contributed by atoms with Gasteiger partial charge in [-0.05, 0) is 6.92 Å². The van der Waals surface area contributed by atoms with Crippen molar-refractivity contribution in [3.05, 3.63) is 12.2 Å². The van der Waals surface area contributed by atoms with Gasteiger partial charge in [-0.3, -0.25) is 0 Å². The molecule has 0 saturated heterocycles. The Morgan fingerprint density at radius 3 is 2.75 bits per heavy atom. The fourth-order valence-electron chi connectivity index (χ4n) is 0.448. The lowest BCUT2D eigenvalue weighted by Crippen LogP contribution is -2.10. The van der Waals surface area contributed by atoms with Crippen LogP contribution >= 0.6 is 0 Å². The van der Waals surface area contributed by atoms with Gasteiger partial charge in [-0.2, -0.15) is 0 Å². The molecule has 0 bridgehead atoms. The van der Waals surface area contributed by atoms with Crippen molar-refractivity contribution in [1.29, 1.82) is 0 Å². The van der Waals surface area contributed by atoms with Gasteiger partial charge >= 0.3 is 5.97 Å². The topological polar surface area (TPSA) is 35.5 Å². The van der Waals surface area contributed by atoms with Crippen LogP contribution in [0.25, 0.3) is 0 Å². The minimum atomic E-state index is -0.403. The summed E-state index contributed by atoms with van der Waals surface area (Å²) in [6.07, 6.45) is 4.92. The molecule has 0 N–H and O–H groups in total. The molecular formula is C9H12O3. The maximum absolute atomic E-state index is 10.8. The fourth-order valence-corrected chi connectivity index (χ4v) is 0.448. The van der Waals surface area contributed by atoms with Crippen molar-refractivity contribution in [3.63, 3.8) is 0 Å². The number of terminal acetylenes is 1. The van der Waals surface area contributed by atoms with E-state index in [4.69, 9.17) is 15.9 Å². The zero-order valence-electron chi connectivity index (χ0n) is 7.13. The first-order valence-corrected chi connectivity index (χ1v) is 3.52. The Kier molecular flexibility index (Phi) is 5.76. The van der Waals surface area contributed by atoms with E-state index in [2.05, 4.69) is 12.5 Å². The van der Waals surface area contributed by atoms with Gasteiger partial charge < -0.3 is 9.47 Å². The van der Waals surface area contributed by atoms with Gasteiger partial charge in [0.15, 0.2) is 0 Å². The molecular weight excluding hydrogens is 156 g/mol. The van der Waals surface area contributed by atoms with Crippen molar-refractivity contribution in [3.8, 4) is 12.3 Å². The molecule has 0 aliphatic heterocycles. The van der Waals surface area contributed by atoms with Gasteiger partial charge in [-0.25, -0.2) is 4.79 Å². The van der Waals surface area contributed by atoms with Gasteiger partial charge in [0.1, 0.15) is 13.2 Å². The molecule has 0 unspecified atom stereocenters. The average molecular weight is 168 g/mol. The standard InChI is InChI=1S/C9H12O3/c1-4-5-11-6-7-12-9(10)8(2)3/h1H,2,5-7H2,3H3. The Bertz CT molecular complexity index is 200. The van der Waals surface area contributed by atoms with Crippen LogP contribution < -0.4 is 0 Å². The zero-order chi connectivity index (χ0) is 9.40. The van der Waals surface area contributed by atoms with Crippen molar-refractivity contribution in [2.75, 3.05) is 19.8 Å². The second kappa shape index (κ2) is 6.44. The number of esters is 1. The van der Waals surface area contributed by atoms with Crippen LogP contribution in [0, 0.1) is 12.3 Å². The molecule has 0 fully saturated rings. The Labute approximate surface area is 72.4 Å². The van der Waals surface area contributed by atoms with Gasteiger partial charge in [0.25, 0.3) is 0 Å². The Morgan fingerprint density at radius 1 is 1.58 bits per heavy atom.